The number of amides is 2. The van der Waals surface area contributed by atoms with Gasteiger partial charge in [-0.25, -0.2) is 5.43 Å². The van der Waals surface area contributed by atoms with Gasteiger partial charge in [0.15, 0.2) is 5.84 Å². The quantitative estimate of drug-likeness (QED) is 0.598. The lowest BCUT2D eigenvalue weighted by atomic mass is 10.1. The molecule has 2 N–H and O–H groups in total. The van der Waals surface area contributed by atoms with Crippen molar-refractivity contribution in [2.75, 3.05) is 0 Å². The molecule has 30 heavy (non-hydrogen) atoms. The Morgan fingerprint density at radius 3 is 2.13 bits per heavy atom. The largest absolute Gasteiger partial charge is 0.271 e. The van der Waals surface area contributed by atoms with Crippen molar-refractivity contribution in [2.24, 2.45) is 5.10 Å². The van der Waals surface area contributed by atoms with Gasteiger partial charge in [-0.05, 0) is 42.0 Å². The molecule has 0 saturated carbocycles. The van der Waals surface area contributed by atoms with Crippen LogP contribution in [-0.2, 0) is 6.54 Å². The average Bonchev–Trinajstić information content (AvgIpc) is 3.09. The summed E-state index contributed by atoms with van der Waals surface area (Å²) in [6, 6.07) is 20.8. The number of carbonyl (C=O) groups excluding carboxylic acids is 2. The highest BCUT2D eigenvalue weighted by Gasteiger charge is 2.27. The zero-order valence-electron chi connectivity index (χ0n) is 15.6. The van der Waals surface area contributed by atoms with Crippen LogP contribution in [0.3, 0.4) is 0 Å². The fraction of sp³-hybridized carbons (Fsp3) is 0.0455. The van der Waals surface area contributed by atoms with E-state index in [4.69, 9.17) is 23.2 Å². The number of nitrogens with one attached hydrogen (secondary N) is 2. The summed E-state index contributed by atoms with van der Waals surface area (Å²) in [7, 11) is 0. The van der Waals surface area contributed by atoms with Gasteiger partial charge < -0.3 is 0 Å². The van der Waals surface area contributed by atoms with Gasteiger partial charge in [-0.3, -0.25) is 20.0 Å². The van der Waals surface area contributed by atoms with Crippen molar-refractivity contribution in [2.45, 2.75) is 6.54 Å². The maximum Gasteiger partial charge on any atom is 0.271 e. The fourth-order valence-corrected chi connectivity index (χ4v) is 3.48. The number of halogens is 2. The van der Waals surface area contributed by atoms with Gasteiger partial charge in [0.05, 0.1) is 6.54 Å². The number of rotatable bonds is 4. The molecule has 2 amide bonds. The monoisotopic (exact) mass is 438 g/mol. The van der Waals surface area contributed by atoms with E-state index < -0.39 is 5.91 Å². The molecule has 3 aromatic rings. The van der Waals surface area contributed by atoms with Gasteiger partial charge in [0.25, 0.3) is 11.8 Å². The fourth-order valence-electron chi connectivity index (χ4n) is 3.09. The first kappa shape index (κ1) is 19.9. The Labute approximate surface area is 183 Å². The van der Waals surface area contributed by atoms with Crippen LogP contribution in [0.25, 0.3) is 0 Å². The second-order valence-electron chi connectivity index (χ2n) is 6.58. The van der Waals surface area contributed by atoms with E-state index in [1.54, 1.807) is 53.5 Å². The number of nitrogens with zero attached hydrogens (tertiary/aromatic N) is 2. The van der Waals surface area contributed by atoms with Crippen LogP contribution in [0.1, 0.15) is 31.8 Å². The van der Waals surface area contributed by atoms with Crippen LogP contribution in [0.5, 0.6) is 0 Å². The van der Waals surface area contributed by atoms with Crippen molar-refractivity contribution in [3.63, 3.8) is 0 Å². The van der Waals surface area contributed by atoms with Crippen molar-refractivity contribution in [3.05, 3.63) is 105 Å². The summed E-state index contributed by atoms with van der Waals surface area (Å²) < 4.78 is 0. The van der Waals surface area contributed by atoms with Gasteiger partial charge in [0.2, 0.25) is 0 Å². The van der Waals surface area contributed by atoms with Crippen LogP contribution in [-0.4, -0.2) is 22.7 Å². The predicted molar refractivity (Wildman–Crippen MR) is 116 cm³/mol. The van der Waals surface area contributed by atoms with Crippen molar-refractivity contribution in [1.29, 1.82) is 0 Å². The Morgan fingerprint density at radius 2 is 1.47 bits per heavy atom. The average molecular weight is 439 g/mol. The van der Waals surface area contributed by atoms with Crippen LogP contribution >= 0.6 is 23.2 Å². The van der Waals surface area contributed by atoms with E-state index in [1.807, 2.05) is 24.3 Å². The number of hydrazine groups is 1. The van der Waals surface area contributed by atoms with E-state index in [0.717, 1.165) is 11.1 Å². The summed E-state index contributed by atoms with van der Waals surface area (Å²) in [6.45, 7) is 0.411. The Bertz CT molecular complexity index is 1160. The molecule has 0 saturated heterocycles. The molecule has 1 aliphatic rings. The molecule has 0 unspecified atom stereocenters. The van der Waals surface area contributed by atoms with E-state index in [2.05, 4.69) is 16.0 Å². The number of amidine groups is 1. The second kappa shape index (κ2) is 8.57. The Balaban J connectivity index is 1.58. The van der Waals surface area contributed by atoms with E-state index >= 15 is 0 Å². The van der Waals surface area contributed by atoms with Gasteiger partial charge in [0.1, 0.15) is 0 Å². The molecule has 150 valence electrons. The Hall–Kier alpha value is -3.35. The lowest BCUT2D eigenvalue weighted by molar-refractivity contribution is 0.0869. The van der Waals surface area contributed by atoms with Gasteiger partial charge in [-0.1, -0.05) is 59.6 Å². The Morgan fingerprint density at radius 1 is 0.833 bits per heavy atom. The molecule has 4 rings (SSSR count). The number of hydrogen-bond donors (Lipinski definition) is 2. The normalized spacial score (nSPS) is 13.8. The summed E-state index contributed by atoms with van der Waals surface area (Å²) >= 11 is 11.9. The van der Waals surface area contributed by atoms with E-state index in [-0.39, 0.29) is 5.91 Å². The van der Waals surface area contributed by atoms with Crippen LogP contribution in [0, 0.1) is 0 Å². The molecule has 0 spiro atoms. The number of benzene rings is 3. The zero-order valence-corrected chi connectivity index (χ0v) is 17.1. The maximum atomic E-state index is 12.7. The highest BCUT2D eigenvalue weighted by Crippen LogP contribution is 2.22. The number of fused-ring (bicyclic) bond motifs is 1. The zero-order chi connectivity index (χ0) is 21.1. The number of hydrazone groups is 1. The molecule has 0 bridgehead atoms. The lowest BCUT2D eigenvalue weighted by Gasteiger charge is -2.20. The third-order valence-corrected chi connectivity index (χ3v) is 4.99. The van der Waals surface area contributed by atoms with Crippen LogP contribution in [0.4, 0.5) is 0 Å². The van der Waals surface area contributed by atoms with E-state index in [9.17, 15) is 9.59 Å². The molecular weight excluding hydrogens is 423 g/mol. The summed E-state index contributed by atoms with van der Waals surface area (Å²) in [4.78, 5) is 25.1. The van der Waals surface area contributed by atoms with Gasteiger partial charge in [0, 0.05) is 26.7 Å². The summed E-state index contributed by atoms with van der Waals surface area (Å²) in [5, 5.41) is 6.79. The third kappa shape index (κ3) is 4.30. The standard InChI is InChI=1S/C22H16Cl2N4O2/c23-17-8-3-6-14(11-17)21(29)26-25-20-19-10-2-1-5-16(19)13-28(20)27-22(30)15-7-4-9-18(24)12-15/h1-12H,13H2,(H,26,29)(H,27,30)/b25-20+. The van der Waals surface area contributed by atoms with Gasteiger partial charge >= 0.3 is 0 Å². The first-order valence-corrected chi connectivity index (χ1v) is 9.83. The highest BCUT2D eigenvalue weighted by atomic mass is 35.5. The minimum Gasteiger partial charge on any atom is -0.267 e. The number of carbonyl (C=O) groups is 2. The van der Waals surface area contributed by atoms with Gasteiger partial charge in [-0.2, -0.15) is 5.10 Å². The van der Waals surface area contributed by atoms with Crippen molar-refractivity contribution in [3.8, 4) is 0 Å². The molecule has 0 aromatic heterocycles. The predicted octanol–water partition coefficient (Wildman–Crippen LogP) is 4.25. The highest BCUT2D eigenvalue weighted by molar-refractivity contribution is 6.31. The summed E-state index contributed by atoms with van der Waals surface area (Å²) in [6.07, 6.45) is 0. The SMILES string of the molecule is O=C(N/N=C1\c2ccccc2CN1NC(=O)c1cccc(Cl)c1)c1cccc(Cl)c1. The van der Waals surface area contributed by atoms with Crippen molar-refractivity contribution >= 4 is 40.9 Å². The second-order valence-corrected chi connectivity index (χ2v) is 7.45. The smallest absolute Gasteiger partial charge is 0.267 e. The molecule has 1 heterocycles. The van der Waals surface area contributed by atoms with Crippen LogP contribution in [0.15, 0.2) is 77.9 Å². The first-order valence-electron chi connectivity index (χ1n) is 9.07. The molecule has 8 heteroatoms. The topological polar surface area (TPSA) is 73.8 Å². The van der Waals surface area contributed by atoms with Crippen LogP contribution in [0.2, 0.25) is 10.0 Å². The van der Waals surface area contributed by atoms with E-state index in [0.29, 0.717) is 33.6 Å². The van der Waals surface area contributed by atoms with Crippen molar-refractivity contribution < 1.29 is 9.59 Å². The molecule has 1 aliphatic heterocycles. The first-order chi connectivity index (χ1) is 14.5. The lowest BCUT2D eigenvalue weighted by Crippen LogP contribution is -2.43. The maximum absolute atomic E-state index is 12.7. The van der Waals surface area contributed by atoms with Crippen molar-refractivity contribution in [1.82, 2.24) is 15.9 Å². The molecule has 0 radical (unpaired) electrons. The summed E-state index contributed by atoms with van der Waals surface area (Å²) in [5.74, 6) is -0.314. The molecule has 6 nitrogen and oxygen atoms in total. The summed E-state index contributed by atoms with van der Waals surface area (Å²) in [5.41, 5.74) is 7.95. The van der Waals surface area contributed by atoms with E-state index in [1.165, 1.54) is 0 Å². The molecule has 3 aromatic carbocycles. The molecule has 0 fully saturated rings. The minimum absolute atomic E-state index is 0.334. The number of hydrogen-bond acceptors (Lipinski definition) is 3. The minimum atomic E-state index is -0.407. The molecule has 0 atom stereocenters. The van der Waals surface area contributed by atoms with Crippen LogP contribution < -0.4 is 10.9 Å². The Kier molecular flexibility index (Phi) is 5.70. The molecular formula is C22H16Cl2N4O2. The van der Waals surface area contributed by atoms with Gasteiger partial charge in [-0.15, -0.1) is 0 Å². The molecule has 0 aliphatic carbocycles. The third-order valence-electron chi connectivity index (χ3n) is 4.52.